The van der Waals surface area contributed by atoms with Crippen molar-refractivity contribution in [1.82, 2.24) is 9.97 Å². The van der Waals surface area contributed by atoms with Crippen LogP contribution in [0.25, 0.3) is 34.4 Å². The second-order valence-electron chi connectivity index (χ2n) is 10.7. The normalized spacial score (nSPS) is 10.6. The number of benzene rings is 4. The third-order valence-electron chi connectivity index (χ3n) is 7.39. The number of para-hydroxylation sites is 2. The lowest BCUT2D eigenvalue weighted by Gasteiger charge is -2.00. The highest BCUT2D eigenvalue weighted by atomic mass is 16.5. The first-order valence-corrected chi connectivity index (χ1v) is 14.7. The van der Waals surface area contributed by atoms with Gasteiger partial charge in [0.25, 0.3) is 0 Å². The lowest BCUT2D eigenvalue weighted by atomic mass is 10.1. The van der Waals surface area contributed by atoms with Crippen molar-refractivity contribution in [3.05, 3.63) is 129 Å². The highest BCUT2D eigenvalue weighted by Crippen LogP contribution is 2.22. The molecule has 0 unspecified atom stereocenters. The molecule has 9 heteroatoms. The van der Waals surface area contributed by atoms with Crippen molar-refractivity contribution < 1.29 is 32.7 Å². The maximum absolute atomic E-state index is 11.8. The van der Waals surface area contributed by atoms with Crippen LogP contribution in [0, 0.1) is 34.6 Å². The Morgan fingerprint density at radius 1 is 0.617 bits per heavy atom. The number of hydrogen-bond donors (Lipinski definition) is 0. The van der Waals surface area contributed by atoms with E-state index in [1.807, 2.05) is 44.2 Å². The van der Waals surface area contributed by atoms with Gasteiger partial charge in [0.2, 0.25) is 5.89 Å². The molecule has 0 saturated carbocycles. The molecule has 0 spiro atoms. The van der Waals surface area contributed by atoms with Crippen LogP contribution in [0.15, 0.2) is 81.6 Å². The molecule has 6 aromatic rings. The van der Waals surface area contributed by atoms with Crippen LogP contribution in [-0.2, 0) is 9.47 Å². The van der Waals surface area contributed by atoms with E-state index in [-0.39, 0.29) is 0 Å². The van der Waals surface area contributed by atoms with E-state index >= 15 is 0 Å². The Balaban J connectivity index is 0.000000177. The number of methoxy groups -OCH3 is 2. The fourth-order valence-electron chi connectivity index (χ4n) is 4.52. The zero-order valence-corrected chi connectivity index (χ0v) is 27.4. The summed E-state index contributed by atoms with van der Waals surface area (Å²) in [6.07, 6.45) is 4.60. The van der Waals surface area contributed by atoms with Crippen molar-refractivity contribution in [2.24, 2.45) is 0 Å². The first-order valence-electron chi connectivity index (χ1n) is 14.7. The average Bonchev–Trinajstić information content (AvgIpc) is 3.68. The second kappa shape index (κ2) is 15.4. The molecule has 2 aromatic heterocycles. The number of oxazole rings is 2. The van der Waals surface area contributed by atoms with Crippen LogP contribution in [0.3, 0.4) is 0 Å². The van der Waals surface area contributed by atoms with Crippen molar-refractivity contribution in [3.8, 4) is 0 Å². The van der Waals surface area contributed by atoms with Crippen LogP contribution in [-0.4, -0.2) is 42.4 Å². The summed E-state index contributed by atoms with van der Waals surface area (Å²) in [5, 5.41) is 0. The van der Waals surface area contributed by atoms with Crippen molar-refractivity contribution in [2.45, 2.75) is 34.6 Å². The van der Waals surface area contributed by atoms with E-state index in [0.29, 0.717) is 45.1 Å². The Morgan fingerprint density at radius 2 is 1.13 bits per heavy atom. The van der Waals surface area contributed by atoms with Gasteiger partial charge in [-0.1, -0.05) is 42.5 Å². The third kappa shape index (κ3) is 8.46. The average molecular weight is 633 g/mol. The summed E-state index contributed by atoms with van der Waals surface area (Å²) in [4.78, 5) is 41.9. The van der Waals surface area contributed by atoms with Gasteiger partial charge in [-0.15, -0.1) is 0 Å². The van der Waals surface area contributed by atoms with Gasteiger partial charge in [-0.3, -0.25) is 4.79 Å². The summed E-state index contributed by atoms with van der Waals surface area (Å²) in [7, 11) is 2.69. The second-order valence-corrected chi connectivity index (χ2v) is 10.7. The zero-order valence-electron chi connectivity index (χ0n) is 27.4. The van der Waals surface area contributed by atoms with Gasteiger partial charge in [0.1, 0.15) is 17.3 Å². The Labute approximate surface area is 272 Å². The van der Waals surface area contributed by atoms with Crippen LogP contribution in [0.1, 0.15) is 70.7 Å². The summed E-state index contributed by atoms with van der Waals surface area (Å²) < 4.78 is 20.4. The fourth-order valence-corrected chi connectivity index (χ4v) is 4.52. The first-order chi connectivity index (χ1) is 22.5. The summed E-state index contributed by atoms with van der Waals surface area (Å²) in [6.45, 7) is 9.93. The number of ether oxygens (including phenoxy) is 2. The van der Waals surface area contributed by atoms with Gasteiger partial charge < -0.3 is 18.3 Å². The highest BCUT2D eigenvalue weighted by molar-refractivity contribution is 6.02. The summed E-state index contributed by atoms with van der Waals surface area (Å²) >= 11 is 0. The van der Waals surface area contributed by atoms with Crippen LogP contribution < -0.4 is 0 Å². The van der Waals surface area contributed by atoms with Crippen molar-refractivity contribution in [1.29, 1.82) is 0 Å². The topological polar surface area (TPSA) is 122 Å². The van der Waals surface area contributed by atoms with E-state index < -0.39 is 11.9 Å². The molecule has 0 aliphatic heterocycles. The van der Waals surface area contributed by atoms with Gasteiger partial charge in [0.05, 0.1) is 25.3 Å². The molecular formula is C38H36N2O7. The maximum atomic E-state index is 11.8. The Kier molecular flexibility index (Phi) is 11.2. The number of fused-ring (bicyclic) bond motifs is 2. The SMILES string of the molecule is COC(=O)c1cccc2oc(/C=C/c3ccc(C)c(C)c3)nc12.COC(=O)c1cccc2oc(C)nc12.Cc1ccc(C=O)cc1C. The largest absolute Gasteiger partial charge is 0.465 e. The molecule has 0 aliphatic carbocycles. The van der Waals surface area contributed by atoms with Crippen LogP contribution >= 0.6 is 0 Å². The summed E-state index contributed by atoms with van der Waals surface area (Å²) in [5.74, 6) is 0.170. The maximum Gasteiger partial charge on any atom is 0.340 e. The van der Waals surface area contributed by atoms with E-state index in [9.17, 15) is 14.4 Å². The van der Waals surface area contributed by atoms with Crippen LogP contribution in [0.4, 0.5) is 0 Å². The third-order valence-corrected chi connectivity index (χ3v) is 7.39. The molecule has 9 nitrogen and oxygen atoms in total. The number of carbonyl (C=O) groups is 3. The van der Waals surface area contributed by atoms with Gasteiger partial charge in [0, 0.05) is 18.6 Å². The lowest BCUT2D eigenvalue weighted by Crippen LogP contribution is -2.01. The van der Waals surface area contributed by atoms with E-state index in [4.69, 9.17) is 13.6 Å². The number of carbonyl (C=O) groups excluding carboxylic acids is 3. The summed E-state index contributed by atoms with van der Waals surface area (Å²) in [5.41, 5.74) is 9.78. The molecule has 0 bridgehead atoms. The molecule has 0 aliphatic rings. The van der Waals surface area contributed by atoms with E-state index in [0.717, 1.165) is 17.4 Å². The predicted molar refractivity (Wildman–Crippen MR) is 182 cm³/mol. The highest BCUT2D eigenvalue weighted by Gasteiger charge is 2.15. The number of hydrogen-bond acceptors (Lipinski definition) is 9. The molecule has 2 heterocycles. The van der Waals surface area contributed by atoms with Crippen molar-refractivity contribution in [3.63, 3.8) is 0 Å². The van der Waals surface area contributed by atoms with Crippen LogP contribution in [0.5, 0.6) is 0 Å². The van der Waals surface area contributed by atoms with Gasteiger partial charge in [-0.05, 0) is 91.9 Å². The molecular weight excluding hydrogens is 596 g/mol. The quantitative estimate of drug-likeness (QED) is 0.136. The minimum Gasteiger partial charge on any atom is -0.465 e. The number of esters is 2. The van der Waals surface area contributed by atoms with E-state index in [1.165, 1.54) is 36.5 Å². The molecule has 0 amide bonds. The van der Waals surface area contributed by atoms with Crippen molar-refractivity contribution in [2.75, 3.05) is 14.2 Å². The Hall–Kier alpha value is -5.83. The zero-order chi connectivity index (χ0) is 34.1. The molecule has 4 aromatic carbocycles. The van der Waals surface area contributed by atoms with Gasteiger partial charge in [-0.25, -0.2) is 19.6 Å². The number of rotatable bonds is 5. The van der Waals surface area contributed by atoms with E-state index in [2.05, 4.69) is 40.7 Å². The molecule has 0 atom stereocenters. The fraction of sp³-hybridized carbons (Fsp3) is 0.184. The standard InChI is InChI=1S/C19H17NO3.C10H9NO3.C9H10O/c1-12-7-8-14(11-13(12)2)9-10-17-20-18-15(19(21)22-3)5-4-6-16(18)23-17;1-6-11-9-7(10(12)13-2)4-3-5-8(9)14-6;1-7-3-4-9(6-10)5-8(7)2/h4-11H,1-3H3;3-5H,1-2H3;3-6H,1-2H3/b10-9+;;. The molecule has 0 N–H and O–H groups in total. The van der Waals surface area contributed by atoms with Crippen molar-refractivity contribution >= 4 is 52.6 Å². The minimum atomic E-state index is -0.423. The number of aromatic nitrogens is 2. The number of nitrogens with zero attached hydrogens (tertiary/aromatic N) is 2. The number of aldehydes is 1. The van der Waals surface area contributed by atoms with E-state index in [1.54, 1.807) is 49.4 Å². The molecule has 0 saturated heterocycles. The minimum absolute atomic E-state index is 0.399. The van der Waals surface area contributed by atoms with Gasteiger partial charge in [0.15, 0.2) is 17.1 Å². The summed E-state index contributed by atoms with van der Waals surface area (Å²) in [6, 6.07) is 22.3. The molecule has 240 valence electrons. The lowest BCUT2D eigenvalue weighted by molar-refractivity contribution is 0.0594. The monoisotopic (exact) mass is 632 g/mol. The molecule has 0 radical (unpaired) electrons. The van der Waals surface area contributed by atoms with Gasteiger partial charge in [-0.2, -0.15) is 0 Å². The Morgan fingerprint density at radius 3 is 1.66 bits per heavy atom. The van der Waals surface area contributed by atoms with Gasteiger partial charge >= 0.3 is 11.9 Å². The Bertz CT molecular complexity index is 2090. The smallest absolute Gasteiger partial charge is 0.340 e. The predicted octanol–water partition coefficient (Wildman–Crippen LogP) is 8.44. The molecule has 47 heavy (non-hydrogen) atoms. The molecule has 0 fully saturated rings. The first kappa shape index (κ1) is 34.1. The molecule has 6 rings (SSSR count). The van der Waals surface area contributed by atoms with Crippen LogP contribution in [0.2, 0.25) is 0 Å². The number of aryl methyl sites for hydroxylation is 5.